The van der Waals surface area contributed by atoms with E-state index in [1.54, 1.807) is 6.08 Å². The number of hydrogen-bond acceptors (Lipinski definition) is 1. The van der Waals surface area contributed by atoms with Crippen molar-refractivity contribution >= 4 is 5.78 Å². The van der Waals surface area contributed by atoms with Gasteiger partial charge in [-0.2, -0.15) is 0 Å². The predicted molar refractivity (Wildman–Crippen MR) is 53.1 cm³/mol. The largest absolute Gasteiger partial charge is 0.290 e. The highest BCUT2D eigenvalue weighted by Gasteiger charge is 1.95. The van der Waals surface area contributed by atoms with Crippen LogP contribution in [0.2, 0.25) is 0 Å². The quantitative estimate of drug-likeness (QED) is 0.452. The molecular formula is C11H18O. The maximum absolute atomic E-state index is 11.2. The maximum atomic E-state index is 11.2. The topological polar surface area (TPSA) is 17.1 Å². The van der Waals surface area contributed by atoms with Crippen LogP contribution in [0, 0.1) is 0 Å². The van der Waals surface area contributed by atoms with Crippen LogP contribution in [0.1, 0.15) is 40.0 Å². The van der Waals surface area contributed by atoms with Gasteiger partial charge >= 0.3 is 0 Å². The standard InChI is InChI=1S/C11H18O/c1-4-6-7-8-9-11(12)10(3)5-2/h5,8-9H,4,6-7H2,1-3H3/b9-8+,10-5+. The monoisotopic (exact) mass is 166 g/mol. The summed E-state index contributed by atoms with van der Waals surface area (Å²) in [7, 11) is 0. The molecule has 0 heterocycles. The maximum Gasteiger partial charge on any atom is 0.180 e. The predicted octanol–water partition coefficient (Wildman–Crippen LogP) is 3.27. The molecule has 0 amide bonds. The van der Waals surface area contributed by atoms with Gasteiger partial charge in [-0.3, -0.25) is 4.79 Å². The van der Waals surface area contributed by atoms with E-state index in [2.05, 4.69) is 6.92 Å². The van der Waals surface area contributed by atoms with E-state index in [9.17, 15) is 4.79 Å². The van der Waals surface area contributed by atoms with Crippen molar-refractivity contribution in [2.75, 3.05) is 0 Å². The van der Waals surface area contributed by atoms with Crippen molar-refractivity contribution in [1.82, 2.24) is 0 Å². The van der Waals surface area contributed by atoms with Crippen LogP contribution < -0.4 is 0 Å². The molecule has 12 heavy (non-hydrogen) atoms. The Morgan fingerprint density at radius 3 is 2.58 bits per heavy atom. The van der Waals surface area contributed by atoms with Crippen LogP contribution in [0.3, 0.4) is 0 Å². The van der Waals surface area contributed by atoms with Gasteiger partial charge in [0.1, 0.15) is 0 Å². The Morgan fingerprint density at radius 2 is 2.08 bits per heavy atom. The van der Waals surface area contributed by atoms with Gasteiger partial charge in [0.2, 0.25) is 0 Å². The van der Waals surface area contributed by atoms with Gasteiger partial charge in [-0.25, -0.2) is 0 Å². The minimum Gasteiger partial charge on any atom is -0.290 e. The van der Waals surface area contributed by atoms with Gasteiger partial charge in [0.25, 0.3) is 0 Å². The summed E-state index contributed by atoms with van der Waals surface area (Å²) in [5, 5.41) is 0. The lowest BCUT2D eigenvalue weighted by Crippen LogP contribution is -1.92. The van der Waals surface area contributed by atoms with E-state index >= 15 is 0 Å². The molecular weight excluding hydrogens is 148 g/mol. The summed E-state index contributed by atoms with van der Waals surface area (Å²) in [6, 6.07) is 0. The van der Waals surface area contributed by atoms with Crippen LogP contribution in [0.25, 0.3) is 0 Å². The molecule has 0 aliphatic heterocycles. The number of hydrogen-bond donors (Lipinski definition) is 0. The Balaban J connectivity index is 3.76. The first-order chi connectivity index (χ1) is 5.72. The first-order valence-corrected chi connectivity index (χ1v) is 4.56. The number of ketones is 1. The van der Waals surface area contributed by atoms with Crippen molar-refractivity contribution in [3.05, 3.63) is 23.8 Å². The number of carbonyl (C=O) groups excluding carboxylic acids is 1. The number of unbranched alkanes of at least 4 members (excludes halogenated alkanes) is 2. The van der Waals surface area contributed by atoms with Gasteiger partial charge in [-0.15, -0.1) is 0 Å². The molecule has 1 heteroatoms. The number of carbonyl (C=O) groups is 1. The lowest BCUT2D eigenvalue weighted by molar-refractivity contribution is -0.111. The van der Waals surface area contributed by atoms with Crippen molar-refractivity contribution in [1.29, 1.82) is 0 Å². The zero-order valence-corrected chi connectivity index (χ0v) is 8.26. The van der Waals surface area contributed by atoms with E-state index in [1.165, 1.54) is 12.8 Å². The Bertz CT molecular complexity index is 187. The van der Waals surface area contributed by atoms with E-state index in [1.807, 2.05) is 26.0 Å². The van der Waals surface area contributed by atoms with E-state index < -0.39 is 0 Å². The highest BCUT2D eigenvalue weighted by molar-refractivity contribution is 6.03. The second-order valence-corrected chi connectivity index (χ2v) is 2.88. The van der Waals surface area contributed by atoms with Gasteiger partial charge in [0.15, 0.2) is 5.78 Å². The zero-order chi connectivity index (χ0) is 9.40. The highest BCUT2D eigenvalue weighted by Crippen LogP contribution is 1.99. The lowest BCUT2D eigenvalue weighted by atomic mass is 10.1. The fourth-order valence-corrected chi connectivity index (χ4v) is 0.786. The van der Waals surface area contributed by atoms with E-state index in [4.69, 9.17) is 0 Å². The third kappa shape index (κ3) is 4.89. The molecule has 0 unspecified atom stereocenters. The van der Waals surface area contributed by atoms with Crippen LogP contribution in [-0.4, -0.2) is 5.78 Å². The average molecular weight is 166 g/mol. The number of rotatable bonds is 5. The molecule has 68 valence electrons. The van der Waals surface area contributed by atoms with Crippen molar-refractivity contribution in [2.24, 2.45) is 0 Å². The SMILES string of the molecule is C/C=C(\C)C(=O)/C=C/CCCC. The molecule has 0 aliphatic carbocycles. The molecule has 0 saturated heterocycles. The lowest BCUT2D eigenvalue weighted by Gasteiger charge is -1.91. The zero-order valence-electron chi connectivity index (χ0n) is 8.26. The van der Waals surface area contributed by atoms with Gasteiger partial charge in [-0.05, 0) is 31.9 Å². The molecule has 0 aromatic rings. The molecule has 0 fully saturated rings. The normalized spacial score (nSPS) is 12.4. The minimum absolute atomic E-state index is 0.133. The van der Waals surface area contributed by atoms with Gasteiger partial charge in [-0.1, -0.05) is 31.9 Å². The van der Waals surface area contributed by atoms with Crippen LogP contribution >= 0.6 is 0 Å². The fourth-order valence-electron chi connectivity index (χ4n) is 0.786. The van der Waals surface area contributed by atoms with E-state index in [0.717, 1.165) is 12.0 Å². The molecule has 0 rings (SSSR count). The van der Waals surface area contributed by atoms with E-state index in [0.29, 0.717) is 0 Å². The first kappa shape index (κ1) is 11.2. The Hall–Kier alpha value is -0.850. The molecule has 0 radical (unpaired) electrons. The molecule has 0 saturated carbocycles. The van der Waals surface area contributed by atoms with Crippen molar-refractivity contribution in [3.63, 3.8) is 0 Å². The van der Waals surface area contributed by atoms with Crippen LogP contribution in [0.15, 0.2) is 23.8 Å². The Kier molecular flexibility index (Phi) is 6.35. The first-order valence-electron chi connectivity index (χ1n) is 4.56. The molecule has 1 nitrogen and oxygen atoms in total. The Morgan fingerprint density at radius 1 is 1.42 bits per heavy atom. The minimum atomic E-state index is 0.133. The summed E-state index contributed by atoms with van der Waals surface area (Å²) in [4.78, 5) is 11.2. The van der Waals surface area contributed by atoms with Crippen LogP contribution in [-0.2, 0) is 4.79 Å². The molecule has 0 spiro atoms. The fraction of sp³-hybridized carbons (Fsp3) is 0.545. The summed E-state index contributed by atoms with van der Waals surface area (Å²) in [6.07, 6.45) is 8.83. The van der Waals surface area contributed by atoms with Gasteiger partial charge < -0.3 is 0 Å². The second-order valence-electron chi connectivity index (χ2n) is 2.88. The third-order valence-electron chi connectivity index (χ3n) is 1.82. The summed E-state index contributed by atoms with van der Waals surface area (Å²) in [5.74, 6) is 0.133. The second kappa shape index (κ2) is 6.84. The summed E-state index contributed by atoms with van der Waals surface area (Å²) >= 11 is 0. The van der Waals surface area contributed by atoms with Gasteiger partial charge in [0.05, 0.1) is 0 Å². The smallest absolute Gasteiger partial charge is 0.180 e. The third-order valence-corrected chi connectivity index (χ3v) is 1.82. The molecule has 0 atom stereocenters. The summed E-state index contributed by atoms with van der Waals surface area (Å²) < 4.78 is 0. The van der Waals surface area contributed by atoms with Crippen LogP contribution in [0.4, 0.5) is 0 Å². The van der Waals surface area contributed by atoms with Crippen molar-refractivity contribution < 1.29 is 4.79 Å². The Labute approximate surface area is 75.2 Å². The molecule has 0 N–H and O–H groups in total. The molecule has 0 aliphatic rings. The summed E-state index contributed by atoms with van der Waals surface area (Å²) in [5.41, 5.74) is 0.822. The molecule has 0 bridgehead atoms. The molecule has 0 aromatic carbocycles. The number of allylic oxidation sites excluding steroid dienone is 4. The van der Waals surface area contributed by atoms with E-state index in [-0.39, 0.29) is 5.78 Å². The van der Waals surface area contributed by atoms with Crippen LogP contribution in [0.5, 0.6) is 0 Å². The average Bonchev–Trinajstić information content (AvgIpc) is 2.10. The van der Waals surface area contributed by atoms with Crippen molar-refractivity contribution in [2.45, 2.75) is 40.0 Å². The molecule has 0 aromatic heterocycles. The van der Waals surface area contributed by atoms with Crippen molar-refractivity contribution in [3.8, 4) is 0 Å². The summed E-state index contributed by atoms with van der Waals surface area (Å²) in [6.45, 7) is 5.87. The van der Waals surface area contributed by atoms with Gasteiger partial charge in [0, 0.05) is 0 Å². The highest BCUT2D eigenvalue weighted by atomic mass is 16.1.